The molecule has 0 radical (unpaired) electrons. The minimum atomic E-state index is -0.777. The summed E-state index contributed by atoms with van der Waals surface area (Å²) in [4.78, 5) is 23.3. The minimum Gasteiger partial charge on any atom is -0.481 e. The number of aliphatic carboxylic acids is 1. The molecule has 0 aliphatic heterocycles. The number of carbonyl (C=O) groups is 2. The summed E-state index contributed by atoms with van der Waals surface area (Å²) in [6.07, 6.45) is 2.33. The van der Waals surface area contributed by atoms with E-state index in [-0.39, 0.29) is 23.8 Å². The van der Waals surface area contributed by atoms with Crippen molar-refractivity contribution in [2.24, 2.45) is 11.8 Å². The summed E-state index contributed by atoms with van der Waals surface area (Å²) in [5.74, 6) is -1.28. The van der Waals surface area contributed by atoms with Gasteiger partial charge in [-0.1, -0.05) is 28.1 Å². The largest absolute Gasteiger partial charge is 0.481 e. The van der Waals surface area contributed by atoms with Crippen LogP contribution in [0.4, 0.5) is 0 Å². The number of amides is 1. The number of hydrogen-bond donors (Lipinski definition) is 2. The molecule has 2 N–H and O–H groups in total. The van der Waals surface area contributed by atoms with E-state index in [1.165, 1.54) is 0 Å². The number of methoxy groups -OCH3 is 1. The van der Waals surface area contributed by atoms with Crippen LogP contribution in [0.2, 0.25) is 0 Å². The van der Waals surface area contributed by atoms with Gasteiger partial charge in [0.15, 0.2) is 0 Å². The quantitative estimate of drug-likeness (QED) is 0.723. The van der Waals surface area contributed by atoms with Crippen LogP contribution >= 0.6 is 15.9 Å². The molecule has 0 saturated heterocycles. The zero-order valence-corrected chi connectivity index (χ0v) is 14.7. The van der Waals surface area contributed by atoms with E-state index < -0.39 is 5.97 Å². The van der Waals surface area contributed by atoms with Crippen LogP contribution in [0.5, 0.6) is 0 Å². The van der Waals surface area contributed by atoms with Crippen molar-refractivity contribution in [3.63, 3.8) is 0 Å². The van der Waals surface area contributed by atoms with E-state index in [0.717, 1.165) is 10.0 Å². The molecule has 0 bridgehead atoms. The maximum atomic E-state index is 12.5. The van der Waals surface area contributed by atoms with Gasteiger partial charge in [-0.05, 0) is 43.4 Å². The van der Waals surface area contributed by atoms with Crippen LogP contribution in [0.15, 0.2) is 28.7 Å². The molecule has 1 unspecified atom stereocenters. The number of rotatable bonds is 8. The number of halogens is 1. The summed E-state index contributed by atoms with van der Waals surface area (Å²) in [5.41, 5.74) is 1.09. The van der Waals surface area contributed by atoms with Gasteiger partial charge in [0, 0.05) is 30.1 Å². The van der Waals surface area contributed by atoms with Crippen molar-refractivity contribution >= 4 is 27.8 Å². The number of carboxylic acid groups (broad SMARTS) is 1. The monoisotopic (exact) mass is 383 g/mol. The van der Waals surface area contributed by atoms with Crippen molar-refractivity contribution in [2.75, 3.05) is 13.7 Å². The first-order valence-corrected chi connectivity index (χ1v) is 8.55. The molecule has 1 atom stereocenters. The molecule has 1 aromatic carbocycles. The van der Waals surface area contributed by atoms with Crippen LogP contribution in [0.25, 0.3) is 0 Å². The van der Waals surface area contributed by atoms with Crippen molar-refractivity contribution in [1.82, 2.24) is 5.32 Å². The minimum absolute atomic E-state index is 0.0174. The van der Waals surface area contributed by atoms with Crippen LogP contribution in [-0.2, 0) is 20.7 Å². The van der Waals surface area contributed by atoms with E-state index >= 15 is 0 Å². The molecule has 6 heteroatoms. The molecule has 1 fully saturated rings. The van der Waals surface area contributed by atoms with Gasteiger partial charge in [0.05, 0.1) is 5.92 Å². The van der Waals surface area contributed by atoms with Crippen LogP contribution < -0.4 is 5.32 Å². The van der Waals surface area contributed by atoms with Gasteiger partial charge < -0.3 is 15.2 Å². The van der Waals surface area contributed by atoms with Gasteiger partial charge in [0.25, 0.3) is 0 Å². The van der Waals surface area contributed by atoms with Gasteiger partial charge >= 0.3 is 5.97 Å². The molecule has 1 amide bonds. The van der Waals surface area contributed by atoms with E-state index in [9.17, 15) is 9.59 Å². The molecular formula is C17H22BrNO4. The fraction of sp³-hybridized carbons (Fsp3) is 0.529. The molecule has 1 saturated carbocycles. The Kier molecular flexibility index (Phi) is 6.59. The lowest BCUT2D eigenvalue weighted by Gasteiger charge is -2.34. The molecule has 1 aliphatic carbocycles. The van der Waals surface area contributed by atoms with Crippen LogP contribution in [0.3, 0.4) is 0 Å². The van der Waals surface area contributed by atoms with E-state index in [1.54, 1.807) is 7.11 Å². The van der Waals surface area contributed by atoms with Gasteiger partial charge in [0.1, 0.15) is 0 Å². The highest BCUT2D eigenvalue weighted by atomic mass is 79.9. The van der Waals surface area contributed by atoms with Crippen molar-refractivity contribution in [3.05, 3.63) is 34.3 Å². The van der Waals surface area contributed by atoms with Gasteiger partial charge in [-0.3, -0.25) is 9.59 Å². The Bertz CT molecular complexity index is 557. The first kappa shape index (κ1) is 17.9. The van der Waals surface area contributed by atoms with Crippen LogP contribution in [0, 0.1) is 11.8 Å². The standard InChI is InChI=1S/C17H22BrNO4/c1-23-6-5-12(7-11-3-2-4-14(18)8-11)16(20)19-15-9-13(10-15)17(21)22/h2-4,8,12-13,15H,5-7,9-10H2,1H3,(H,19,20)(H,21,22). The third-order valence-corrected chi connectivity index (χ3v) is 4.74. The smallest absolute Gasteiger partial charge is 0.306 e. The normalized spacial score (nSPS) is 21.3. The summed E-state index contributed by atoms with van der Waals surface area (Å²) in [7, 11) is 1.62. The zero-order chi connectivity index (χ0) is 16.8. The lowest BCUT2D eigenvalue weighted by Crippen LogP contribution is -2.48. The average Bonchev–Trinajstić information content (AvgIpc) is 2.46. The second-order valence-electron chi connectivity index (χ2n) is 6.02. The van der Waals surface area contributed by atoms with E-state index in [2.05, 4.69) is 21.2 Å². The summed E-state index contributed by atoms with van der Waals surface area (Å²) in [6, 6.07) is 7.90. The van der Waals surface area contributed by atoms with Crippen molar-refractivity contribution < 1.29 is 19.4 Å². The molecule has 23 heavy (non-hydrogen) atoms. The summed E-state index contributed by atoms with van der Waals surface area (Å²) < 4.78 is 6.10. The average molecular weight is 384 g/mol. The van der Waals surface area contributed by atoms with E-state index in [4.69, 9.17) is 9.84 Å². The second-order valence-corrected chi connectivity index (χ2v) is 6.94. The number of hydrogen-bond acceptors (Lipinski definition) is 3. The molecule has 2 rings (SSSR count). The van der Waals surface area contributed by atoms with Gasteiger partial charge in [-0.15, -0.1) is 0 Å². The lowest BCUT2D eigenvalue weighted by molar-refractivity contribution is -0.146. The second kappa shape index (κ2) is 8.45. The number of benzene rings is 1. The first-order valence-electron chi connectivity index (χ1n) is 7.76. The number of carboxylic acids is 1. The van der Waals surface area contributed by atoms with Crippen LogP contribution in [0.1, 0.15) is 24.8 Å². The van der Waals surface area contributed by atoms with E-state index in [0.29, 0.717) is 32.3 Å². The molecular weight excluding hydrogens is 362 g/mol. The SMILES string of the molecule is COCCC(Cc1cccc(Br)c1)C(=O)NC1CC(C(=O)O)C1. The molecule has 1 aromatic rings. The van der Waals surface area contributed by atoms with Crippen molar-refractivity contribution in [3.8, 4) is 0 Å². The highest BCUT2D eigenvalue weighted by Gasteiger charge is 2.36. The Morgan fingerprint density at radius 1 is 1.43 bits per heavy atom. The highest BCUT2D eigenvalue weighted by Crippen LogP contribution is 2.28. The Morgan fingerprint density at radius 3 is 2.78 bits per heavy atom. The maximum absolute atomic E-state index is 12.5. The van der Waals surface area contributed by atoms with Gasteiger partial charge in [0.2, 0.25) is 5.91 Å². The third-order valence-electron chi connectivity index (χ3n) is 4.25. The number of nitrogens with one attached hydrogen (secondary N) is 1. The molecule has 1 aliphatic rings. The van der Waals surface area contributed by atoms with Crippen LogP contribution in [-0.4, -0.2) is 36.7 Å². The van der Waals surface area contributed by atoms with Crippen molar-refractivity contribution in [1.29, 1.82) is 0 Å². The predicted molar refractivity (Wildman–Crippen MR) is 90.1 cm³/mol. The number of ether oxygens (including phenoxy) is 1. The molecule has 126 valence electrons. The summed E-state index contributed by atoms with van der Waals surface area (Å²) >= 11 is 3.44. The number of carbonyl (C=O) groups excluding carboxylic acids is 1. The Hall–Kier alpha value is -1.40. The topological polar surface area (TPSA) is 75.6 Å². The van der Waals surface area contributed by atoms with Gasteiger partial charge in [-0.2, -0.15) is 0 Å². The first-order chi connectivity index (χ1) is 11.0. The molecule has 0 heterocycles. The fourth-order valence-electron chi connectivity index (χ4n) is 2.79. The lowest BCUT2D eigenvalue weighted by atomic mass is 9.80. The van der Waals surface area contributed by atoms with Gasteiger partial charge in [-0.25, -0.2) is 0 Å². The zero-order valence-electron chi connectivity index (χ0n) is 13.1. The molecule has 0 aromatic heterocycles. The Morgan fingerprint density at radius 2 is 2.17 bits per heavy atom. The predicted octanol–water partition coefficient (Wildman–Crippen LogP) is 2.62. The highest BCUT2D eigenvalue weighted by molar-refractivity contribution is 9.10. The third kappa shape index (κ3) is 5.32. The Balaban J connectivity index is 1.92. The summed E-state index contributed by atoms with van der Waals surface area (Å²) in [6.45, 7) is 0.522. The van der Waals surface area contributed by atoms with Crippen molar-refractivity contribution in [2.45, 2.75) is 31.7 Å². The Labute approximate surface area is 144 Å². The maximum Gasteiger partial charge on any atom is 0.306 e. The molecule has 5 nitrogen and oxygen atoms in total. The summed E-state index contributed by atoms with van der Waals surface area (Å²) in [5, 5.41) is 11.9. The fourth-order valence-corrected chi connectivity index (χ4v) is 3.24. The van der Waals surface area contributed by atoms with E-state index in [1.807, 2.05) is 24.3 Å². The molecule has 0 spiro atoms.